The van der Waals surface area contributed by atoms with Crippen molar-refractivity contribution in [3.05, 3.63) is 24.4 Å². The summed E-state index contributed by atoms with van der Waals surface area (Å²) in [6, 6.07) is 4.10. The van der Waals surface area contributed by atoms with Crippen molar-refractivity contribution in [1.29, 1.82) is 0 Å². The van der Waals surface area contributed by atoms with Crippen molar-refractivity contribution >= 4 is 39.4 Å². The molecule has 34 heavy (non-hydrogen) atoms. The average Bonchev–Trinajstić information content (AvgIpc) is 2.81. The van der Waals surface area contributed by atoms with E-state index in [0.717, 1.165) is 5.03 Å². The van der Waals surface area contributed by atoms with Crippen LogP contribution in [0, 0.1) is 0 Å². The summed E-state index contributed by atoms with van der Waals surface area (Å²) in [4.78, 5) is 39.9. The average molecular weight is 521 g/mol. The minimum absolute atomic E-state index is 0.130. The number of carbonyl (C=O) groups excluding carboxylic acids is 2. The van der Waals surface area contributed by atoms with Crippen molar-refractivity contribution in [1.82, 2.24) is 15.6 Å². The van der Waals surface area contributed by atoms with E-state index >= 15 is 0 Å². The fourth-order valence-electron chi connectivity index (χ4n) is 3.08. The van der Waals surface area contributed by atoms with E-state index in [2.05, 4.69) is 15.6 Å². The lowest BCUT2D eigenvalue weighted by molar-refractivity contribution is -0.228. The maximum absolute atomic E-state index is 12.3. The van der Waals surface area contributed by atoms with E-state index in [4.69, 9.17) is 15.6 Å². The molecule has 2 amide bonds. The van der Waals surface area contributed by atoms with Crippen LogP contribution in [0.2, 0.25) is 0 Å². The third-order valence-electron chi connectivity index (χ3n) is 4.88. The van der Waals surface area contributed by atoms with Gasteiger partial charge in [0.15, 0.2) is 0 Å². The number of carbonyl (C=O) groups is 3. The van der Waals surface area contributed by atoms with Crippen molar-refractivity contribution in [2.24, 2.45) is 5.73 Å². The number of aliphatic carboxylic acids is 1. The first-order valence-corrected chi connectivity index (χ1v) is 12.5. The fraction of sp³-hybridized carbons (Fsp3) is 0.579. The van der Waals surface area contributed by atoms with E-state index < -0.39 is 73.5 Å². The highest BCUT2D eigenvalue weighted by Gasteiger charge is 2.52. The van der Waals surface area contributed by atoms with E-state index in [1.54, 1.807) is 12.3 Å². The van der Waals surface area contributed by atoms with Crippen LogP contribution in [0.3, 0.4) is 0 Å². The molecule has 0 bridgehead atoms. The Hall–Kier alpha value is -1.98. The molecule has 9 N–H and O–H groups in total. The highest BCUT2D eigenvalue weighted by molar-refractivity contribution is 8.76. The van der Waals surface area contributed by atoms with Gasteiger partial charge < -0.3 is 40.9 Å². The van der Waals surface area contributed by atoms with Gasteiger partial charge in [0.1, 0.15) is 23.3 Å². The number of carboxylic acids is 1. The summed E-state index contributed by atoms with van der Waals surface area (Å²) in [7, 11) is 2.83. The minimum atomic E-state index is -2.39. The molecule has 1 aliphatic heterocycles. The van der Waals surface area contributed by atoms with Gasteiger partial charge in [-0.25, -0.2) is 9.78 Å². The van der Waals surface area contributed by atoms with Gasteiger partial charge in [-0.3, -0.25) is 15.3 Å². The molecule has 0 unspecified atom stereocenters. The number of carboxylic acid groups (broad SMARTS) is 1. The molecule has 0 spiro atoms. The highest BCUT2D eigenvalue weighted by atomic mass is 33.1. The van der Waals surface area contributed by atoms with Gasteiger partial charge in [-0.2, -0.15) is 0 Å². The summed E-state index contributed by atoms with van der Waals surface area (Å²) in [6.45, 7) is -1.35. The Bertz CT molecular complexity index is 837. The first-order chi connectivity index (χ1) is 16.1. The molecule has 0 saturated carbocycles. The van der Waals surface area contributed by atoms with Gasteiger partial charge in [0.05, 0.1) is 25.3 Å². The summed E-state index contributed by atoms with van der Waals surface area (Å²) in [6.07, 6.45) is -5.70. The molecule has 1 aromatic rings. The number of aliphatic hydroxyl groups excluding tert-OH is 4. The number of amides is 2. The Balaban J connectivity index is 1.86. The number of aromatic nitrogens is 1. The first kappa shape index (κ1) is 28.3. The highest BCUT2D eigenvalue weighted by Crippen LogP contribution is 2.30. The number of nitrogens with one attached hydrogen (secondary N) is 2. The predicted molar refractivity (Wildman–Crippen MR) is 121 cm³/mol. The van der Waals surface area contributed by atoms with Crippen molar-refractivity contribution in [3.8, 4) is 0 Å². The number of hydrogen-bond acceptors (Lipinski definition) is 12. The van der Waals surface area contributed by atoms with Crippen LogP contribution in [0.5, 0.6) is 0 Å². The zero-order valence-corrected chi connectivity index (χ0v) is 19.6. The van der Waals surface area contributed by atoms with Crippen molar-refractivity contribution in [2.75, 3.05) is 18.9 Å². The lowest BCUT2D eigenvalue weighted by Crippen LogP contribution is -2.70. The SMILES string of the molecule is N[C@]1(C(=O)O)C[C@H](O)[C@@H](NC(=O)CNC(=O)CCSSc2ccccn2)[C@H]([C@H](O)[C@H](O)CO)O1. The monoisotopic (exact) mass is 520 g/mol. The van der Waals surface area contributed by atoms with E-state index in [9.17, 15) is 34.8 Å². The van der Waals surface area contributed by atoms with Crippen LogP contribution in [-0.4, -0.2) is 103 Å². The number of hydrogen-bond donors (Lipinski definition) is 8. The maximum atomic E-state index is 12.3. The van der Waals surface area contributed by atoms with Crippen LogP contribution in [0.4, 0.5) is 0 Å². The second-order valence-electron chi connectivity index (χ2n) is 7.48. The smallest absolute Gasteiger partial charge is 0.351 e. The number of pyridine rings is 1. The molecule has 190 valence electrons. The van der Waals surface area contributed by atoms with E-state index in [-0.39, 0.29) is 6.42 Å². The summed E-state index contributed by atoms with van der Waals surface area (Å²) < 4.78 is 5.22. The number of rotatable bonds is 12. The first-order valence-electron chi connectivity index (χ1n) is 10.2. The Morgan fingerprint density at radius 3 is 2.65 bits per heavy atom. The molecule has 6 atom stereocenters. The normalized spacial score (nSPS) is 26.3. The van der Waals surface area contributed by atoms with Gasteiger partial charge in [0.25, 0.3) is 0 Å². The summed E-state index contributed by atoms with van der Waals surface area (Å²) in [5, 5.41) is 54.3. The molecule has 0 aliphatic carbocycles. The molecule has 13 nitrogen and oxygen atoms in total. The number of nitrogens with zero attached hydrogens (tertiary/aromatic N) is 1. The van der Waals surface area contributed by atoms with E-state index in [1.807, 2.05) is 12.1 Å². The van der Waals surface area contributed by atoms with Crippen LogP contribution in [-0.2, 0) is 19.1 Å². The van der Waals surface area contributed by atoms with Gasteiger partial charge in [-0.05, 0) is 22.9 Å². The molecular formula is C19H28N4O9S2. The van der Waals surface area contributed by atoms with Gasteiger partial charge in [0, 0.05) is 24.8 Å². The second-order valence-corrected chi connectivity index (χ2v) is 9.92. The Kier molecular flexibility index (Phi) is 11.0. The van der Waals surface area contributed by atoms with Gasteiger partial charge in [-0.1, -0.05) is 16.9 Å². The Morgan fingerprint density at radius 2 is 2.03 bits per heavy atom. The molecule has 0 radical (unpaired) electrons. The lowest BCUT2D eigenvalue weighted by Gasteiger charge is -2.45. The minimum Gasteiger partial charge on any atom is -0.478 e. The fourth-order valence-corrected chi connectivity index (χ4v) is 4.95. The maximum Gasteiger partial charge on any atom is 0.351 e. The molecule has 15 heteroatoms. The van der Waals surface area contributed by atoms with Crippen LogP contribution in [0.1, 0.15) is 12.8 Å². The number of aliphatic hydroxyl groups is 4. The van der Waals surface area contributed by atoms with E-state index in [0.29, 0.717) is 5.75 Å². The topological polar surface area (TPSA) is 225 Å². The third kappa shape index (κ3) is 8.06. The largest absolute Gasteiger partial charge is 0.478 e. The summed E-state index contributed by atoms with van der Waals surface area (Å²) in [5.41, 5.74) is 3.25. The van der Waals surface area contributed by atoms with Crippen LogP contribution >= 0.6 is 21.6 Å². The van der Waals surface area contributed by atoms with Gasteiger partial charge in [0.2, 0.25) is 17.5 Å². The third-order valence-corrected chi connectivity index (χ3v) is 7.14. The number of ether oxygens (including phenoxy) is 1. The molecule has 2 rings (SSSR count). The molecule has 2 heterocycles. The van der Waals surface area contributed by atoms with Gasteiger partial charge >= 0.3 is 5.97 Å². The Labute approximate surface area is 202 Å². The van der Waals surface area contributed by atoms with Crippen LogP contribution in [0.25, 0.3) is 0 Å². The standard InChI is InChI=1S/C19H28N4O9S2/c20-19(18(30)31)7-10(25)15(17(32-19)16(29)11(26)9-24)23-13(28)8-22-12(27)4-6-33-34-14-3-1-2-5-21-14/h1-3,5,10-11,15-17,24-26,29H,4,6-9,20H2,(H,22,27)(H,23,28)(H,30,31)/t10-,11+,15+,16+,17+,19+/m0/s1. The second kappa shape index (κ2) is 13.2. The van der Waals surface area contributed by atoms with Gasteiger partial charge in [-0.15, -0.1) is 0 Å². The molecule has 1 fully saturated rings. The van der Waals surface area contributed by atoms with Crippen LogP contribution < -0.4 is 16.4 Å². The lowest BCUT2D eigenvalue weighted by atomic mass is 9.88. The molecule has 1 saturated heterocycles. The van der Waals surface area contributed by atoms with Crippen molar-refractivity contribution < 1.29 is 44.7 Å². The quantitative estimate of drug-likeness (QED) is 0.105. The molecular weight excluding hydrogens is 492 g/mol. The zero-order chi connectivity index (χ0) is 25.3. The molecule has 1 aromatic heterocycles. The van der Waals surface area contributed by atoms with Crippen LogP contribution in [0.15, 0.2) is 29.4 Å². The van der Waals surface area contributed by atoms with Crippen molar-refractivity contribution in [3.63, 3.8) is 0 Å². The summed E-state index contributed by atoms with van der Waals surface area (Å²) >= 11 is 0. The van der Waals surface area contributed by atoms with E-state index in [1.165, 1.54) is 21.6 Å². The Morgan fingerprint density at radius 1 is 1.29 bits per heavy atom. The molecule has 0 aromatic carbocycles. The predicted octanol–water partition coefficient (Wildman–Crippen LogP) is -2.58. The van der Waals surface area contributed by atoms with Crippen molar-refractivity contribution in [2.45, 2.75) is 54.1 Å². The molecule has 1 aliphatic rings. The zero-order valence-electron chi connectivity index (χ0n) is 17.9. The summed E-state index contributed by atoms with van der Waals surface area (Å²) in [5.74, 6) is -2.32. The number of nitrogens with two attached hydrogens (primary N) is 1.